The summed E-state index contributed by atoms with van der Waals surface area (Å²) in [6, 6.07) is -0.0543. The van der Waals surface area contributed by atoms with Gasteiger partial charge in [0.25, 0.3) is 0 Å². The second kappa shape index (κ2) is 4.55. The minimum atomic E-state index is -2.95. The lowest BCUT2D eigenvalue weighted by atomic mass is 10.1. The summed E-state index contributed by atoms with van der Waals surface area (Å²) in [4.78, 5) is 15.2. The first-order valence-corrected chi connectivity index (χ1v) is 7.59. The molecule has 0 aliphatic carbocycles. The smallest absolute Gasteiger partial charge is 0.236 e. The van der Waals surface area contributed by atoms with Gasteiger partial charge in [0.05, 0.1) is 18.1 Å². The van der Waals surface area contributed by atoms with Crippen molar-refractivity contribution in [2.75, 3.05) is 45.2 Å². The second-order valence-electron chi connectivity index (χ2n) is 4.96. The molecule has 2 aliphatic rings. The molecule has 0 radical (unpaired) electrons. The molecule has 2 heterocycles. The van der Waals surface area contributed by atoms with Gasteiger partial charge in [0.1, 0.15) is 0 Å². The molecule has 2 saturated heterocycles. The number of nitrogens with one attached hydrogen (secondary N) is 1. The van der Waals surface area contributed by atoms with Crippen LogP contribution >= 0.6 is 0 Å². The Bertz CT molecular complexity index is 407. The van der Waals surface area contributed by atoms with Crippen LogP contribution in [-0.4, -0.2) is 81.4 Å². The van der Waals surface area contributed by atoms with Crippen molar-refractivity contribution >= 4 is 15.7 Å². The monoisotopic (exact) mass is 261 g/mol. The number of sulfone groups is 1. The Hall–Kier alpha value is -0.660. The molecule has 17 heavy (non-hydrogen) atoms. The average Bonchev–Trinajstić information content (AvgIpc) is 2.53. The molecule has 6 nitrogen and oxygen atoms in total. The van der Waals surface area contributed by atoms with E-state index in [4.69, 9.17) is 0 Å². The molecule has 7 heteroatoms. The van der Waals surface area contributed by atoms with Gasteiger partial charge in [-0.25, -0.2) is 8.42 Å². The molecule has 0 saturated carbocycles. The zero-order valence-corrected chi connectivity index (χ0v) is 11.0. The quantitative estimate of drug-likeness (QED) is 0.632. The van der Waals surface area contributed by atoms with Crippen LogP contribution in [0.5, 0.6) is 0 Å². The molecule has 2 atom stereocenters. The van der Waals surface area contributed by atoms with Gasteiger partial charge in [-0.3, -0.25) is 9.69 Å². The average molecular weight is 261 g/mol. The fourth-order valence-electron chi connectivity index (χ4n) is 2.45. The van der Waals surface area contributed by atoms with Crippen LogP contribution < -0.4 is 5.32 Å². The normalized spacial score (nSPS) is 32.1. The predicted molar refractivity (Wildman–Crippen MR) is 64.5 cm³/mol. The summed E-state index contributed by atoms with van der Waals surface area (Å²) in [7, 11) is 0.484. The highest BCUT2D eigenvalue weighted by Crippen LogP contribution is 2.20. The molecule has 0 bridgehead atoms. The van der Waals surface area contributed by atoms with Crippen molar-refractivity contribution in [2.45, 2.75) is 12.1 Å². The van der Waals surface area contributed by atoms with Crippen molar-refractivity contribution in [1.82, 2.24) is 15.1 Å². The predicted octanol–water partition coefficient (Wildman–Crippen LogP) is -1.85. The lowest BCUT2D eigenvalue weighted by Gasteiger charge is -2.37. The van der Waals surface area contributed by atoms with Crippen molar-refractivity contribution in [2.24, 2.45) is 0 Å². The van der Waals surface area contributed by atoms with Gasteiger partial charge in [-0.1, -0.05) is 0 Å². The van der Waals surface area contributed by atoms with Gasteiger partial charge < -0.3 is 10.2 Å². The topological polar surface area (TPSA) is 69.7 Å². The molecule has 0 spiro atoms. The first-order valence-electron chi connectivity index (χ1n) is 5.77. The van der Waals surface area contributed by atoms with Gasteiger partial charge in [0.15, 0.2) is 9.84 Å². The maximum absolute atomic E-state index is 11.7. The number of fused-ring (bicyclic) bond motifs is 1. The molecule has 0 aromatic heterocycles. The van der Waals surface area contributed by atoms with E-state index in [9.17, 15) is 13.2 Å². The molecule has 0 aromatic rings. The molecule has 1 N–H and O–H groups in total. The van der Waals surface area contributed by atoms with E-state index in [0.717, 1.165) is 13.1 Å². The highest BCUT2D eigenvalue weighted by Gasteiger charge is 2.43. The molecule has 2 rings (SSSR count). The number of rotatable bonds is 2. The summed E-state index contributed by atoms with van der Waals surface area (Å²) in [5.74, 6) is 0.394. The molecule has 2 aliphatic heterocycles. The number of carbonyl (C=O) groups is 1. The Morgan fingerprint density at radius 1 is 1.41 bits per heavy atom. The fourth-order valence-corrected chi connectivity index (χ4v) is 4.44. The van der Waals surface area contributed by atoms with Crippen LogP contribution in [0.2, 0.25) is 0 Å². The number of nitrogens with zero attached hydrogens (tertiary/aromatic N) is 2. The van der Waals surface area contributed by atoms with E-state index in [-0.39, 0.29) is 29.5 Å². The number of amides is 1. The fraction of sp³-hybridized carbons (Fsp3) is 0.900. The standard InChI is InChI=1S/C10H19N3O3S/c1-12(2)10(14)5-13-4-3-11-8-6-17(15,16)7-9(8)13/h8-9,11H,3-7H2,1-2H3/t8-,9+/m1/s1. The van der Waals surface area contributed by atoms with Crippen LogP contribution in [0.4, 0.5) is 0 Å². The molecular weight excluding hydrogens is 242 g/mol. The summed E-state index contributed by atoms with van der Waals surface area (Å²) in [6.07, 6.45) is 0. The lowest BCUT2D eigenvalue weighted by Crippen LogP contribution is -2.59. The van der Waals surface area contributed by atoms with Crippen LogP contribution in [0, 0.1) is 0 Å². The third-order valence-electron chi connectivity index (χ3n) is 3.43. The van der Waals surface area contributed by atoms with Crippen molar-refractivity contribution in [3.05, 3.63) is 0 Å². The third kappa shape index (κ3) is 2.78. The summed E-state index contributed by atoms with van der Waals surface area (Å²) in [5, 5.41) is 3.22. The van der Waals surface area contributed by atoms with Crippen LogP contribution in [0.15, 0.2) is 0 Å². The number of hydrogen-bond acceptors (Lipinski definition) is 5. The molecule has 0 unspecified atom stereocenters. The largest absolute Gasteiger partial charge is 0.348 e. The molecule has 1 amide bonds. The van der Waals surface area contributed by atoms with Crippen LogP contribution in [0.3, 0.4) is 0 Å². The van der Waals surface area contributed by atoms with Crippen LogP contribution in [-0.2, 0) is 14.6 Å². The lowest BCUT2D eigenvalue weighted by molar-refractivity contribution is -0.130. The van der Waals surface area contributed by atoms with E-state index >= 15 is 0 Å². The van der Waals surface area contributed by atoms with E-state index < -0.39 is 9.84 Å². The van der Waals surface area contributed by atoms with Gasteiger partial charge in [0, 0.05) is 39.3 Å². The maximum Gasteiger partial charge on any atom is 0.236 e. The first kappa shape index (κ1) is 12.8. The van der Waals surface area contributed by atoms with Gasteiger partial charge in [-0.05, 0) is 0 Å². The van der Waals surface area contributed by atoms with E-state index in [2.05, 4.69) is 5.32 Å². The number of hydrogen-bond donors (Lipinski definition) is 1. The Morgan fingerprint density at radius 3 is 2.76 bits per heavy atom. The summed E-state index contributed by atoms with van der Waals surface area (Å²) in [5.41, 5.74) is 0. The van der Waals surface area contributed by atoms with Gasteiger partial charge in [0.2, 0.25) is 5.91 Å². The number of piperazine rings is 1. The summed E-state index contributed by atoms with van der Waals surface area (Å²) >= 11 is 0. The van der Waals surface area contributed by atoms with Gasteiger partial charge in [-0.2, -0.15) is 0 Å². The van der Waals surface area contributed by atoms with Crippen molar-refractivity contribution in [1.29, 1.82) is 0 Å². The Labute approximate surface area is 102 Å². The Balaban J connectivity index is 2.06. The second-order valence-corrected chi connectivity index (χ2v) is 7.12. The first-order chi connectivity index (χ1) is 7.89. The van der Waals surface area contributed by atoms with Crippen LogP contribution in [0.25, 0.3) is 0 Å². The highest BCUT2D eigenvalue weighted by molar-refractivity contribution is 7.91. The maximum atomic E-state index is 11.7. The van der Waals surface area contributed by atoms with E-state index in [1.165, 1.54) is 0 Å². The molecular formula is C10H19N3O3S. The minimum Gasteiger partial charge on any atom is -0.348 e. The Kier molecular flexibility index (Phi) is 3.42. The van der Waals surface area contributed by atoms with Crippen molar-refractivity contribution < 1.29 is 13.2 Å². The van der Waals surface area contributed by atoms with Crippen LogP contribution in [0.1, 0.15) is 0 Å². The van der Waals surface area contributed by atoms with E-state index in [0.29, 0.717) is 6.54 Å². The van der Waals surface area contributed by atoms with Crippen molar-refractivity contribution in [3.63, 3.8) is 0 Å². The third-order valence-corrected chi connectivity index (χ3v) is 5.15. The minimum absolute atomic E-state index is 0.0105. The van der Waals surface area contributed by atoms with E-state index in [1.54, 1.807) is 19.0 Å². The SMILES string of the molecule is CN(C)C(=O)CN1CCN[C@@H]2CS(=O)(=O)C[C@@H]21. The molecule has 98 valence electrons. The number of likely N-dealkylation sites (N-methyl/N-ethyl adjacent to an activating group) is 1. The van der Waals surface area contributed by atoms with E-state index in [1.807, 2.05) is 4.90 Å². The zero-order chi connectivity index (χ0) is 12.6. The van der Waals surface area contributed by atoms with Gasteiger partial charge in [-0.15, -0.1) is 0 Å². The Morgan fingerprint density at radius 2 is 2.12 bits per heavy atom. The summed E-state index contributed by atoms with van der Waals surface area (Å²) in [6.45, 7) is 1.79. The summed E-state index contributed by atoms with van der Waals surface area (Å²) < 4.78 is 23.2. The van der Waals surface area contributed by atoms with Crippen molar-refractivity contribution in [3.8, 4) is 0 Å². The molecule has 0 aromatic carbocycles. The van der Waals surface area contributed by atoms with Gasteiger partial charge >= 0.3 is 0 Å². The zero-order valence-electron chi connectivity index (χ0n) is 10.2. The highest BCUT2D eigenvalue weighted by atomic mass is 32.2. The number of carbonyl (C=O) groups excluding carboxylic acids is 1. The molecule has 2 fully saturated rings.